The van der Waals surface area contributed by atoms with Gasteiger partial charge in [0.1, 0.15) is 0 Å². The first kappa shape index (κ1) is 21.9. The molecule has 0 saturated carbocycles. The van der Waals surface area contributed by atoms with Gasteiger partial charge in [-0.05, 0) is 42.2 Å². The number of piperidine rings is 1. The predicted molar refractivity (Wildman–Crippen MR) is 110 cm³/mol. The van der Waals surface area contributed by atoms with Gasteiger partial charge in [-0.1, -0.05) is 51.5 Å². The van der Waals surface area contributed by atoms with Crippen molar-refractivity contribution in [1.29, 1.82) is 0 Å². The summed E-state index contributed by atoms with van der Waals surface area (Å²) in [6.45, 7) is 8.00. The first-order valence-corrected chi connectivity index (χ1v) is 11.6. The molecule has 0 atom stereocenters. The standard InChI is InChI=1S/C21H34N2O3S/c1-21(2,3)19-12-10-18(11-13-19)8-7-9-20(24)22-14-17-27(25,26)23-15-5-4-6-16-23/h10-13H,4-9,14-17H2,1-3H3,(H,22,24). The Balaban J connectivity index is 1.66. The largest absolute Gasteiger partial charge is 0.355 e. The van der Waals surface area contributed by atoms with E-state index in [0.29, 0.717) is 19.5 Å². The summed E-state index contributed by atoms with van der Waals surface area (Å²) in [5.74, 6) is -0.0809. The van der Waals surface area contributed by atoms with Crippen LogP contribution < -0.4 is 5.32 Å². The molecule has 27 heavy (non-hydrogen) atoms. The summed E-state index contributed by atoms with van der Waals surface area (Å²) in [6.07, 6.45) is 5.00. The molecular formula is C21H34N2O3S. The molecule has 5 nitrogen and oxygen atoms in total. The van der Waals surface area contributed by atoms with Crippen molar-refractivity contribution in [3.63, 3.8) is 0 Å². The summed E-state index contributed by atoms with van der Waals surface area (Å²) in [5.41, 5.74) is 2.68. The highest BCUT2D eigenvalue weighted by Gasteiger charge is 2.23. The minimum absolute atomic E-state index is 0.00694. The zero-order valence-corrected chi connectivity index (χ0v) is 17.8. The van der Waals surface area contributed by atoms with Crippen molar-refractivity contribution < 1.29 is 13.2 Å². The summed E-state index contributed by atoms with van der Waals surface area (Å²) in [6, 6.07) is 8.56. The Kier molecular flexibility index (Phi) is 7.86. The van der Waals surface area contributed by atoms with E-state index in [1.165, 1.54) is 11.1 Å². The molecule has 1 aliphatic rings. The molecule has 6 heteroatoms. The van der Waals surface area contributed by atoms with Crippen LogP contribution >= 0.6 is 0 Å². The monoisotopic (exact) mass is 394 g/mol. The van der Waals surface area contributed by atoms with Crippen LogP contribution in [0, 0.1) is 0 Å². The van der Waals surface area contributed by atoms with Crippen LogP contribution in [0.5, 0.6) is 0 Å². The van der Waals surface area contributed by atoms with E-state index in [-0.39, 0.29) is 23.6 Å². The van der Waals surface area contributed by atoms with Crippen molar-refractivity contribution >= 4 is 15.9 Å². The third-order valence-corrected chi connectivity index (χ3v) is 6.95. The van der Waals surface area contributed by atoms with Gasteiger partial charge in [0, 0.05) is 26.1 Å². The van der Waals surface area contributed by atoms with Crippen LogP contribution in [-0.4, -0.2) is 44.0 Å². The highest BCUT2D eigenvalue weighted by atomic mass is 32.2. The lowest BCUT2D eigenvalue weighted by molar-refractivity contribution is -0.121. The van der Waals surface area contributed by atoms with Crippen LogP contribution in [-0.2, 0) is 26.7 Å². The number of hydrogen-bond donors (Lipinski definition) is 1. The van der Waals surface area contributed by atoms with Gasteiger partial charge in [0.15, 0.2) is 0 Å². The third kappa shape index (κ3) is 7.26. The number of carbonyl (C=O) groups excluding carboxylic acids is 1. The highest BCUT2D eigenvalue weighted by Crippen LogP contribution is 2.22. The second kappa shape index (κ2) is 9.69. The number of rotatable bonds is 8. The molecule has 1 aromatic carbocycles. The van der Waals surface area contributed by atoms with Gasteiger partial charge in [0.2, 0.25) is 15.9 Å². The van der Waals surface area contributed by atoms with Gasteiger partial charge in [-0.15, -0.1) is 0 Å². The number of nitrogens with zero attached hydrogens (tertiary/aromatic N) is 1. The van der Waals surface area contributed by atoms with E-state index in [4.69, 9.17) is 0 Å². The highest BCUT2D eigenvalue weighted by molar-refractivity contribution is 7.89. The molecule has 0 spiro atoms. The van der Waals surface area contributed by atoms with Crippen molar-refractivity contribution in [3.8, 4) is 0 Å². The molecule has 0 bridgehead atoms. The lowest BCUT2D eigenvalue weighted by Crippen LogP contribution is -2.40. The quantitative estimate of drug-likeness (QED) is 0.736. The number of amides is 1. The van der Waals surface area contributed by atoms with E-state index in [9.17, 15) is 13.2 Å². The van der Waals surface area contributed by atoms with E-state index >= 15 is 0 Å². The molecule has 152 valence electrons. The van der Waals surface area contributed by atoms with Crippen LogP contribution in [0.1, 0.15) is 64.0 Å². The number of aryl methyl sites for hydroxylation is 1. The van der Waals surface area contributed by atoms with E-state index in [2.05, 4.69) is 50.4 Å². The van der Waals surface area contributed by atoms with Crippen LogP contribution in [0.3, 0.4) is 0 Å². The summed E-state index contributed by atoms with van der Waals surface area (Å²) >= 11 is 0. The van der Waals surface area contributed by atoms with Gasteiger partial charge in [-0.25, -0.2) is 12.7 Å². The van der Waals surface area contributed by atoms with Gasteiger partial charge < -0.3 is 5.32 Å². The minimum Gasteiger partial charge on any atom is -0.355 e. The van der Waals surface area contributed by atoms with Gasteiger partial charge in [-0.2, -0.15) is 0 Å². The second-order valence-electron chi connectivity index (χ2n) is 8.43. The zero-order chi connectivity index (χ0) is 19.9. The second-order valence-corrected chi connectivity index (χ2v) is 10.5. The fourth-order valence-electron chi connectivity index (χ4n) is 3.30. The molecule has 2 rings (SSSR count). The number of carbonyl (C=O) groups is 1. The molecule has 1 aliphatic heterocycles. The Bertz CT molecular complexity index is 700. The van der Waals surface area contributed by atoms with Crippen molar-refractivity contribution in [3.05, 3.63) is 35.4 Å². The SMILES string of the molecule is CC(C)(C)c1ccc(CCCC(=O)NCCS(=O)(=O)N2CCCCC2)cc1. The molecule has 1 saturated heterocycles. The van der Waals surface area contributed by atoms with Crippen molar-refractivity contribution in [2.75, 3.05) is 25.4 Å². The third-order valence-electron chi connectivity index (χ3n) is 5.08. The Hall–Kier alpha value is -1.40. The maximum Gasteiger partial charge on any atom is 0.220 e. The van der Waals surface area contributed by atoms with E-state index in [1.807, 2.05) is 0 Å². The van der Waals surface area contributed by atoms with Crippen molar-refractivity contribution in [2.45, 2.75) is 64.7 Å². The molecule has 1 heterocycles. The van der Waals surface area contributed by atoms with E-state index < -0.39 is 10.0 Å². The maximum absolute atomic E-state index is 12.2. The van der Waals surface area contributed by atoms with Crippen molar-refractivity contribution in [1.82, 2.24) is 9.62 Å². The number of nitrogens with one attached hydrogen (secondary N) is 1. The van der Waals surface area contributed by atoms with Crippen LogP contribution in [0.15, 0.2) is 24.3 Å². The topological polar surface area (TPSA) is 66.5 Å². The van der Waals surface area contributed by atoms with Crippen LogP contribution in [0.2, 0.25) is 0 Å². The number of sulfonamides is 1. The molecule has 1 fully saturated rings. The molecule has 1 aromatic rings. The minimum atomic E-state index is -3.24. The van der Waals surface area contributed by atoms with Crippen LogP contribution in [0.25, 0.3) is 0 Å². The molecule has 1 N–H and O–H groups in total. The lowest BCUT2D eigenvalue weighted by Gasteiger charge is -2.25. The smallest absolute Gasteiger partial charge is 0.220 e. The summed E-state index contributed by atoms with van der Waals surface area (Å²) in [4.78, 5) is 12.0. The summed E-state index contributed by atoms with van der Waals surface area (Å²) in [7, 11) is -3.24. The molecule has 0 aliphatic carbocycles. The normalized spacial score (nSPS) is 16.3. The van der Waals surface area contributed by atoms with Gasteiger partial charge in [0.25, 0.3) is 0 Å². The first-order chi connectivity index (χ1) is 12.7. The zero-order valence-electron chi connectivity index (χ0n) is 17.0. The molecule has 0 aromatic heterocycles. The number of benzene rings is 1. The fraction of sp³-hybridized carbons (Fsp3) is 0.667. The Morgan fingerprint density at radius 1 is 1.07 bits per heavy atom. The molecule has 1 amide bonds. The lowest BCUT2D eigenvalue weighted by atomic mass is 9.86. The van der Waals surface area contributed by atoms with E-state index in [1.54, 1.807) is 4.31 Å². The predicted octanol–water partition coefficient (Wildman–Crippen LogP) is 3.24. The van der Waals surface area contributed by atoms with Gasteiger partial charge in [0.05, 0.1) is 5.75 Å². The fourth-order valence-corrected chi connectivity index (χ4v) is 4.74. The Labute approximate surface area is 164 Å². The maximum atomic E-state index is 12.2. The van der Waals surface area contributed by atoms with Gasteiger partial charge >= 0.3 is 0 Å². The van der Waals surface area contributed by atoms with Crippen LogP contribution in [0.4, 0.5) is 0 Å². The summed E-state index contributed by atoms with van der Waals surface area (Å²) in [5, 5.41) is 2.75. The van der Waals surface area contributed by atoms with Gasteiger partial charge in [-0.3, -0.25) is 4.79 Å². The molecule has 0 unspecified atom stereocenters. The Morgan fingerprint density at radius 3 is 2.30 bits per heavy atom. The number of hydrogen-bond acceptors (Lipinski definition) is 3. The molecular weight excluding hydrogens is 360 g/mol. The first-order valence-electron chi connectivity index (χ1n) is 10.0. The summed E-state index contributed by atoms with van der Waals surface area (Å²) < 4.78 is 26.0. The van der Waals surface area contributed by atoms with Crippen molar-refractivity contribution in [2.24, 2.45) is 0 Å². The van der Waals surface area contributed by atoms with E-state index in [0.717, 1.165) is 32.1 Å². The Morgan fingerprint density at radius 2 is 1.70 bits per heavy atom. The average molecular weight is 395 g/mol. The average Bonchev–Trinajstić information content (AvgIpc) is 2.62. The molecule has 0 radical (unpaired) electrons.